The van der Waals surface area contributed by atoms with Gasteiger partial charge in [-0.2, -0.15) is 0 Å². The first-order chi connectivity index (χ1) is 13.6. The molecule has 0 aliphatic carbocycles. The first-order valence-corrected chi connectivity index (χ1v) is 10.7. The number of carbonyl (C=O) groups is 1. The van der Waals surface area contributed by atoms with Crippen LogP contribution in [0.25, 0.3) is 15.9 Å². The van der Waals surface area contributed by atoms with Gasteiger partial charge in [-0.15, -0.1) is 10.2 Å². The van der Waals surface area contributed by atoms with E-state index < -0.39 is 0 Å². The monoisotopic (exact) mass is 409 g/mol. The van der Waals surface area contributed by atoms with Gasteiger partial charge in [0.25, 0.3) is 0 Å². The molecular formula is C20H19N5OS2. The van der Waals surface area contributed by atoms with E-state index in [0.717, 1.165) is 22.3 Å². The summed E-state index contributed by atoms with van der Waals surface area (Å²) >= 11 is 2.84. The molecule has 0 unspecified atom stereocenters. The van der Waals surface area contributed by atoms with Crippen molar-refractivity contribution in [2.24, 2.45) is 0 Å². The molecule has 142 valence electrons. The summed E-state index contributed by atoms with van der Waals surface area (Å²) in [5.41, 5.74) is 4.32. The summed E-state index contributed by atoms with van der Waals surface area (Å²) in [6.07, 6.45) is 2.60. The number of aromatic nitrogens is 4. The third kappa shape index (κ3) is 3.93. The number of aryl methyl sites for hydroxylation is 2. The Hall–Kier alpha value is -2.71. The molecule has 0 aliphatic heterocycles. The van der Waals surface area contributed by atoms with Crippen LogP contribution in [0.2, 0.25) is 0 Å². The molecule has 4 rings (SSSR count). The first-order valence-electron chi connectivity index (χ1n) is 8.92. The van der Waals surface area contributed by atoms with Crippen molar-refractivity contribution >= 4 is 44.4 Å². The van der Waals surface area contributed by atoms with Crippen molar-refractivity contribution in [3.05, 3.63) is 59.9 Å². The molecule has 1 N–H and O–H groups in total. The van der Waals surface area contributed by atoms with Crippen LogP contribution in [0, 0.1) is 6.92 Å². The van der Waals surface area contributed by atoms with E-state index in [9.17, 15) is 4.79 Å². The first kappa shape index (κ1) is 18.6. The normalized spacial score (nSPS) is 11.1. The van der Waals surface area contributed by atoms with Gasteiger partial charge in [0.2, 0.25) is 5.91 Å². The average Bonchev–Trinajstić information content (AvgIpc) is 3.32. The predicted molar refractivity (Wildman–Crippen MR) is 114 cm³/mol. The summed E-state index contributed by atoms with van der Waals surface area (Å²) in [6.45, 7) is 4.16. The van der Waals surface area contributed by atoms with Crippen LogP contribution in [0.1, 0.15) is 18.1 Å². The SMILES string of the molecule is CCc1ccccc1-n1cnnc1SCC(=O)Nc1nc2ccc(C)cc2s1. The number of para-hydroxylation sites is 1. The third-order valence-corrected chi connectivity index (χ3v) is 6.15. The molecule has 0 bridgehead atoms. The fourth-order valence-corrected chi connectivity index (χ4v) is 4.61. The number of nitrogens with one attached hydrogen (secondary N) is 1. The maximum absolute atomic E-state index is 12.4. The molecule has 2 heterocycles. The molecule has 2 aromatic heterocycles. The second-order valence-electron chi connectivity index (χ2n) is 6.29. The molecule has 28 heavy (non-hydrogen) atoms. The molecule has 8 heteroatoms. The van der Waals surface area contributed by atoms with E-state index in [1.165, 1.54) is 34.2 Å². The number of nitrogens with zero attached hydrogens (tertiary/aromatic N) is 4. The lowest BCUT2D eigenvalue weighted by Gasteiger charge is -2.10. The van der Waals surface area contributed by atoms with Gasteiger partial charge in [0.15, 0.2) is 10.3 Å². The Morgan fingerprint density at radius 3 is 2.96 bits per heavy atom. The largest absolute Gasteiger partial charge is 0.301 e. The van der Waals surface area contributed by atoms with Crippen LogP contribution >= 0.6 is 23.1 Å². The Morgan fingerprint density at radius 2 is 2.11 bits per heavy atom. The molecule has 0 atom stereocenters. The van der Waals surface area contributed by atoms with Crippen molar-refractivity contribution < 1.29 is 4.79 Å². The van der Waals surface area contributed by atoms with Gasteiger partial charge in [-0.3, -0.25) is 9.36 Å². The number of carbonyl (C=O) groups excluding carboxylic acids is 1. The van der Waals surface area contributed by atoms with Crippen LogP contribution in [0.5, 0.6) is 0 Å². The van der Waals surface area contributed by atoms with Crippen LogP contribution in [-0.4, -0.2) is 31.4 Å². The van der Waals surface area contributed by atoms with E-state index in [-0.39, 0.29) is 11.7 Å². The Balaban J connectivity index is 1.45. The maximum atomic E-state index is 12.4. The molecule has 0 aliphatic rings. The van der Waals surface area contributed by atoms with Gasteiger partial charge < -0.3 is 5.32 Å². The second kappa shape index (κ2) is 8.12. The second-order valence-corrected chi connectivity index (χ2v) is 8.27. The fourth-order valence-electron chi connectivity index (χ4n) is 2.90. The van der Waals surface area contributed by atoms with Crippen LogP contribution in [0.4, 0.5) is 5.13 Å². The summed E-state index contributed by atoms with van der Waals surface area (Å²) < 4.78 is 3.00. The van der Waals surface area contributed by atoms with Crippen molar-refractivity contribution in [1.82, 2.24) is 19.7 Å². The number of hydrogen-bond acceptors (Lipinski definition) is 6. The molecule has 6 nitrogen and oxygen atoms in total. The average molecular weight is 410 g/mol. The zero-order chi connectivity index (χ0) is 19.5. The van der Waals surface area contributed by atoms with Crippen LogP contribution < -0.4 is 5.32 Å². The lowest BCUT2D eigenvalue weighted by atomic mass is 10.1. The zero-order valence-corrected chi connectivity index (χ0v) is 17.2. The number of anilines is 1. The zero-order valence-electron chi connectivity index (χ0n) is 15.5. The number of amides is 1. The topological polar surface area (TPSA) is 72.7 Å². The van der Waals surface area contributed by atoms with Gasteiger partial charge in [-0.1, -0.05) is 54.3 Å². The minimum absolute atomic E-state index is 0.112. The van der Waals surface area contributed by atoms with Gasteiger partial charge in [0, 0.05) is 0 Å². The molecule has 0 fully saturated rings. The number of benzene rings is 2. The predicted octanol–water partition coefficient (Wildman–Crippen LogP) is 4.48. The highest BCUT2D eigenvalue weighted by molar-refractivity contribution is 7.99. The highest BCUT2D eigenvalue weighted by Crippen LogP contribution is 2.27. The lowest BCUT2D eigenvalue weighted by Crippen LogP contribution is -2.14. The smallest absolute Gasteiger partial charge is 0.236 e. The molecule has 1 amide bonds. The molecule has 0 saturated heterocycles. The summed E-state index contributed by atoms with van der Waals surface area (Å²) in [6, 6.07) is 14.2. The molecule has 2 aromatic carbocycles. The van der Waals surface area contributed by atoms with Gasteiger partial charge in [0.1, 0.15) is 6.33 Å². The van der Waals surface area contributed by atoms with Crippen molar-refractivity contribution in [3.8, 4) is 5.69 Å². The van der Waals surface area contributed by atoms with E-state index in [0.29, 0.717) is 10.3 Å². The Kier molecular flexibility index (Phi) is 5.40. The number of hydrogen-bond donors (Lipinski definition) is 1. The molecule has 0 spiro atoms. The Bertz CT molecular complexity index is 1130. The minimum Gasteiger partial charge on any atom is -0.301 e. The maximum Gasteiger partial charge on any atom is 0.236 e. The van der Waals surface area contributed by atoms with Crippen LogP contribution in [-0.2, 0) is 11.2 Å². The van der Waals surface area contributed by atoms with E-state index >= 15 is 0 Å². The number of fused-ring (bicyclic) bond motifs is 1. The highest BCUT2D eigenvalue weighted by Gasteiger charge is 2.13. The van der Waals surface area contributed by atoms with E-state index in [1.807, 2.05) is 41.8 Å². The van der Waals surface area contributed by atoms with Gasteiger partial charge in [0.05, 0.1) is 21.7 Å². The number of thiazole rings is 1. The van der Waals surface area contributed by atoms with Gasteiger partial charge in [-0.05, 0) is 42.7 Å². The summed E-state index contributed by atoms with van der Waals surface area (Å²) in [5.74, 6) is 0.126. The standard InChI is InChI=1S/C20H19N5OS2/c1-3-14-6-4-5-7-16(14)25-12-21-24-20(25)27-11-18(26)23-19-22-15-9-8-13(2)10-17(15)28-19/h4-10,12H,3,11H2,1-2H3,(H,22,23,26). The fraction of sp³-hybridized carbons (Fsp3) is 0.200. The van der Waals surface area contributed by atoms with Crippen molar-refractivity contribution in [2.45, 2.75) is 25.4 Å². The van der Waals surface area contributed by atoms with Crippen LogP contribution in [0.15, 0.2) is 53.9 Å². The highest BCUT2D eigenvalue weighted by atomic mass is 32.2. The quantitative estimate of drug-likeness (QED) is 0.476. The summed E-state index contributed by atoms with van der Waals surface area (Å²) in [5, 5.41) is 12.4. The van der Waals surface area contributed by atoms with Gasteiger partial charge in [-0.25, -0.2) is 4.98 Å². The molecule has 4 aromatic rings. The Morgan fingerprint density at radius 1 is 1.25 bits per heavy atom. The minimum atomic E-state index is -0.112. The molecule has 0 radical (unpaired) electrons. The van der Waals surface area contributed by atoms with Crippen molar-refractivity contribution in [2.75, 3.05) is 11.1 Å². The number of rotatable bonds is 6. The van der Waals surface area contributed by atoms with Crippen LogP contribution in [0.3, 0.4) is 0 Å². The van der Waals surface area contributed by atoms with E-state index in [2.05, 4.69) is 39.6 Å². The molecule has 0 saturated carbocycles. The van der Waals surface area contributed by atoms with Gasteiger partial charge >= 0.3 is 0 Å². The van der Waals surface area contributed by atoms with E-state index in [4.69, 9.17) is 0 Å². The molecular weight excluding hydrogens is 390 g/mol. The van der Waals surface area contributed by atoms with E-state index in [1.54, 1.807) is 6.33 Å². The Labute approximate surface area is 171 Å². The lowest BCUT2D eigenvalue weighted by molar-refractivity contribution is -0.113. The summed E-state index contributed by atoms with van der Waals surface area (Å²) in [7, 11) is 0. The van der Waals surface area contributed by atoms with Crippen molar-refractivity contribution in [3.63, 3.8) is 0 Å². The third-order valence-electron chi connectivity index (χ3n) is 4.27. The number of thioether (sulfide) groups is 1. The summed E-state index contributed by atoms with van der Waals surface area (Å²) in [4.78, 5) is 16.9. The van der Waals surface area contributed by atoms with Crippen molar-refractivity contribution in [1.29, 1.82) is 0 Å².